The van der Waals surface area contributed by atoms with Gasteiger partial charge in [-0.05, 0) is 48.0 Å². The van der Waals surface area contributed by atoms with E-state index in [1.165, 1.54) is 0 Å². The van der Waals surface area contributed by atoms with Crippen LogP contribution in [0.15, 0.2) is 22.7 Å². The highest BCUT2D eigenvalue weighted by molar-refractivity contribution is 9.10. The highest BCUT2D eigenvalue weighted by atomic mass is 79.9. The zero-order chi connectivity index (χ0) is 11.7. The summed E-state index contributed by atoms with van der Waals surface area (Å²) in [6.07, 6.45) is 0.813. The monoisotopic (exact) mass is 279 g/mol. The molecule has 2 aromatic rings. The molecule has 1 heterocycles. The molecule has 0 saturated heterocycles. The fourth-order valence-corrected chi connectivity index (χ4v) is 2.08. The molecule has 0 saturated carbocycles. The van der Waals surface area contributed by atoms with E-state index in [0.717, 1.165) is 28.1 Å². The molecule has 2 rings (SSSR count). The summed E-state index contributed by atoms with van der Waals surface area (Å²) in [6.45, 7) is 3.73. The third-order valence-electron chi connectivity index (χ3n) is 2.21. The SMILES string of the molecule is Cc1nc(C)n(-c2ccc(C=O)cc2Br)n1. The molecule has 1 aromatic carbocycles. The maximum atomic E-state index is 10.6. The smallest absolute Gasteiger partial charge is 0.150 e. The molecule has 1 aromatic heterocycles. The average molecular weight is 280 g/mol. The minimum Gasteiger partial charge on any atom is -0.298 e. The number of aromatic nitrogens is 3. The molecule has 0 N–H and O–H groups in total. The number of carbonyl (C=O) groups excluding carboxylic acids is 1. The third-order valence-corrected chi connectivity index (χ3v) is 2.85. The first-order valence-electron chi connectivity index (χ1n) is 4.77. The van der Waals surface area contributed by atoms with Gasteiger partial charge in [-0.25, -0.2) is 9.67 Å². The Labute approximate surface area is 101 Å². The summed E-state index contributed by atoms with van der Waals surface area (Å²) in [6, 6.07) is 5.36. The van der Waals surface area contributed by atoms with E-state index < -0.39 is 0 Å². The van der Waals surface area contributed by atoms with E-state index in [1.807, 2.05) is 19.9 Å². The van der Waals surface area contributed by atoms with Gasteiger partial charge < -0.3 is 0 Å². The van der Waals surface area contributed by atoms with Gasteiger partial charge in [-0.3, -0.25) is 4.79 Å². The van der Waals surface area contributed by atoms with Crippen LogP contribution in [-0.4, -0.2) is 21.1 Å². The van der Waals surface area contributed by atoms with Crippen molar-refractivity contribution in [2.24, 2.45) is 0 Å². The number of aryl methyl sites for hydroxylation is 2. The molecule has 0 spiro atoms. The van der Waals surface area contributed by atoms with Crippen molar-refractivity contribution in [3.8, 4) is 5.69 Å². The lowest BCUT2D eigenvalue weighted by atomic mass is 10.2. The molecule has 0 aliphatic carbocycles. The highest BCUT2D eigenvalue weighted by Crippen LogP contribution is 2.22. The Morgan fingerprint density at radius 2 is 2.12 bits per heavy atom. The minimum atomic E-state index is 0.630. The average Bonchev–Trinajstić information content (AvgIpc) is 2.57. The summed E-state index contributed by atoms with van der Waals surface area (Å²) in [5, 5.41) is 4.28. The predicted molar refractivity (Wildman–Crippen MR) is 63.9 cm³/mol. The van der Waals surface area contributed by atoms with Gasteiger partial charge in [0.05, 0.1) is 5.69 Å². The number of rotatable bonds is 2. The van der Waals surface area contributed by atoms with E-state index in [0.29, 0.717) is 5.56 Å². The molecule has 16 heavy (non-hydrogen) atoms. The van der Waals surface area contributed by atoms with Gasteiger partial charge in [-0.1, -0.05) is 0 Å². The van der Waals surface area contributed by atoms with Gasteiger partial charge >= 0.3 is 0 Å². The van der Waals surface area contributed by atoms with Crippen LogP contribution in [0.2, 0.25) is 0 Å². The second-order valence-corrected chi connectivity index (χ2v) is 4.30. The quantitative estimate of drug-likeness (QED) is 0.794. The van der Waals surface area contributed by atoms with Crippen LogP contribution in [0.4, 0.5) is 0 Å². The molecule has 0 unspecified atom stereocenters. The van der Waals surface area contributed by atoms with Gasteiger partial charge in [0.2, 0.25) is 0 Å². The lowest BCUT2D eigenvalue weighted by Gasteiger charge is -2.05. The van der Waals surface area contributed by atoms with Crippen molar-refractivity contribution in [2.75, 3.05) is 0 Å². The maximum Gasteiger partial charge on any atom is 0.150 e. The Kier molecular flexibility index (Phi) is 2.87. The van der Waals surface area contributed by atoms with Crippen LogP contribution in [0.1, 0.15) is 22.0 Å². The van der Waals surface area contributed by atoms with E-state index in [2.05, 4.69) is 26.0 Å². The summed E-state index contributed by atoms with van der Waals surface area (Å²) < 4.78 is 2.57. The van der Waals surface area contributed by atoms with Gasteiger partial charge in [-0.15, -0.1) is 0 Å². The van der Waals surface area contributed by atoms with Crippen molar-refractivity contribution in [1.29, 1.82) is 0 Å². The van der Waals surface area contributed by atoms with Gasteiger partial charge in [0.1, 0.15) is 17.9 Å². The zero-order valence-corrected chi connectivity index (χ0v) is 10.5. The van der Waals surface area contributed by atoms with Crippen molar-refractivity contribution in [1.82, 2.24) is 14.8 Å². The van der Waals surface area contributed by atoms with E-state index in [1.54, 1.807) is 16.8 Å². The largest absolute Gasteiger partial charge is 0.298 e. The standard InChI is InChI=1S/C11H10BrN3O/c1-7-13-8(2)15(14-7)11-4-3-9(6-16)5-10(11)12/h3-6H,1-2H3. The Morgan fingerprint density at radius 1 is 1.38 bits per heavy atom. The second-order valence-electron chi connectivity index (χ2n) is 3.45. The van der Waals surface area contributed by atoms with Crippen LogP contribution in [0.5, 0.6) is 0 Å². The summed E-state index contributed by atoms with van der Waals surface area (Å²) in [7, 11) is 0. The number of nitrogens with zero attached hydrogens (tertiary/aromatic N) is 3. The first-order valence-corrected chi connectivity index (χ1v) is 5.56. The van der Waals surface area contributed by atoms with Crippen LogP contribution in [0.25, 0.3) is 5.69 Å². The molecule has 0 aliphatic heterocycles. The Hall–Kier alpha value is -1.49. The number of carbonyl (C=O) groups is 1. The van der Waals surface area contributed by atoms with Crippen molar-refractivity contribution >= 4 is 22.2 Å². The number of halogens is 1. The van der Waals surface area contributed by atoms with Crippen LogP contribution < -0.4 is 0 Å². The molecule has 0 bridgehead atoms. The fourth-order valence-electron chi connectivity index (χ4n) is 1.52. The normalized spacial score (nSPS) is 10.4. The fraction of sp³-hybridized carbons (Fsp3) is 0.182. The lowest BCUT2D eigenvalue weighted by Crippen LogP contribution is -2.00. The lowest BCUT2D eigenvalue weighted by molar-refractivity contribution is 0.112. The van der Waals surface area contributed by atoms with E-state index in [-0.39, 0.29) is 0 Å². The van der Waals surface area contributed by atoms with Crippen molar-refractivity contribution in [3.05, 3.63) is 39.9 Å². The second kappa shape index (κ2) is 4.17. The van der Waals surface area contributed by atoms with Gasteiger partial charge in [0.15, 0.2) is 0 Å². The first-order chi connectivity index (χ1) is 7.61. The molecule has 0 amide bonds. The van der Waals surface area contributed by atoms with Gasteiger partial charge in [-0.2, -0.15) is 5.10 Å². The van der Waals surface area contributed by atoms with Crippen LogP contribution >= 0.6 is 15.9 Å². The molecular weight excluding hydrogens is 270 g/mol. The molecule has 82 valence electrons. The summed E-state index contributed by atoms with van der Waals surface area (Å²) in [5.74, 6) is 1.54. The zero-order valence-electron chi connectivity index (χ0n) is 8.94. The number of hydrogen-bond acceptors (Lipinski definition) is 3. The first kappa shape index (κ1) is 11.0. The van der Waals surface area contributed by atoms with Crippen molar-refractivity contribution in [2.45, 2.75) is 13.8 Å². The Morgan fingerprint density at radius 3 is 2.62 bits per heavy atom. The van der Waals surface area contributed by atoms with Gasteiger partial charge in [0, 0.05) is 10.0 Å². The molecule has 0 radical (unpaired) electrons. The van der Waals surface area contributed by atoms with Crippen molar-refractivity contribution in [3.63, 3.8) is 0 Å². The molecule has 4 nitrogen and oxygen atoms in total. The van der Waals surface area contributed by atoms with E-state index >= 15 is 0 Å². The predicted octanol–water partition coefficient (Wildman–Crippen LogP) is 2.46. The van der Waals surface area contributed by atoms with Crippen LogP contribution in [0, 0.1) is 13.8 Å². The summed E-state index contributed by atoms with van der Waals surface area (Å²) >= 11 is 3.42. The summed E-state index contributed by atoms with van der Waals surface area (Å²) in [4.78, 5) is 14.9. The number of aldehydes is 1. The molecule has 0 aliphatic rings. The van der Waals surface area contributed by atoms with Crippen molar-refractivity contribution < 1.29 is 4.79 Å². The summed E-state index contributed by atoms with van der Waals surface area (Å²) in [5.41, 5.74) is 1.51. The molecular formula is C11H10BrN3O. The molecule has 0 fully saturated rings. The number of benzene rings is 1. The molecule has 0 atom stereocenters. The Balaban J connectivity index is 2.56. The Bertz CT molecular complexity index is 548. The van der Waals surface area contributed by atoms with Gasteiger partial charge in [0.25, 0.3) is 0 Å². The van der Waals surface area contributed by atoms with E-state index in [9.17, 15) is 4.79 Å². The maximum absolute atomic E-state index is 10.6. The third kappa shape index (κ3) is 1.90. The topological polar surface area (TPSA) is 47.8 Å². The van der Waals surface area contributed by atoms with E-state index in [4.69, 9.17) is 0 Å². The highest BCUT2D eigenvalue weighted by Gasteiger charge is 2.08. The minimum absolute atomic E-state index is 0.630. The number of hydrogen-bond donors (Lipinski definition) is 0. The van der Waals surface area contributed by atoms with Crippen LogP contribution in [0.3, 0.4) is 0 Å². The molecule has 5 heteroatoms. The van der Waals surface area contributed by atoms with Crippen LogP contribution in [-0.2, 0) is 0 Å².